The molecule has 1 radical (unpaired) electrons. The minimum absolute atomic E-state index is 0.414. The van der Waals surface area contributed by atoms with Crippen LogP contribution in [-0.4, -0.2) is 11.1 Å². The van der Waals surface area contributed by atoms with Gasteiger partial charge in [-0.1, -0.05) is 12.1 Å². The van der Waals surface area contributed by atoms with E-state index in [1.807, 2.05) is 0 Å². The lowest BCUT2D eigenvalue weighted by molar-refractivity contribution is 0.0691. The lowest BCUT2D eigenvalue weighted by atomic mass is 10.2. The van der Waals surface area contributed by atoms with Crippen LogP contribution in [0, 0.1) is 11.9 Å². The number of carboxylic acids is 1. The maximum absolute atomic E-state index is 12.4. The molecule has 0 bridgehead atoms. The van der Waals surface area contributed by atoms with Gasteiger partial charge >= 0.3 is 5.97 Å². The Labute approximate surface area is 56.9 Å². The van der Waals surface area contributed by atoms with Crippen LogP contribution < -0.4 is 0 Å². The fraction of sp³-hybridized carbons (Fsp3) is 0. The van der Waals surface area contributed by atoms with Crippen LogP contribution in [0.2, 0.25) is 0 Å². The van der Waals surface area contributed by atoms with Crippen molar-refractivity contribution in [2.45, 2.75) is 0 Å². The van der Waals surface area contributed by atoms with Gasteiger partial charge in [0.05, 0.1) is 0 Å². The molecule has 0 fully saturated rings. The lowest BCUT2D eigenvalue weighted by Crippen LogP contribution is -1.99. The zero-order chi connectivity index (χ0) is 7.56. The van der Waals surface area contributed by atoms with Crippen LogP contribution in [-0.2, 0) is 0 Å². The van der Waals surface area contributed by atoms with E-state index in [1.54, 1.807) is 0 Å². The van der Waals surface area contributed by atoms with Crippen LogP contribution in [0.15, 0.2) is 18.2 Å². The fourth-order valence-corrected chi connectivity index (χ4v) is 0.580. The summed E-state index contributed by atoms with van der Waals surface area (Å²) in [7, 11) is 0. The molecule has 1 N–H and O–H groups in total. The quantitative estimate of drug-likeness (QED) is 0.637. The molecule has 0 atom stereocenters. The van der Waals surface area contributed by atoms with E-state index < -0.39 is 17.3 Å². The summed E-state index contributed by atoms with van der Waals surface area (Å²) in [6, 6.07) is 6.09. The highest BCUT2D eigenvalue weighted by Gasteiger charge is 2.07. The fourth-order valence-electron chi connectivity index (χ4n) is 0.580. The van der Waals surface area contributed by atoms with Crippen molar-refractivity contribution in [2.24, 2.45) is 0 Å². The number of hydrogen-bond acceptors (Lipinski definition) is 1. The number of benzene rings is 1. The number of rotatable bonds is 1. The Morgan fingerprint density at radius 2 is 2.40 bits per heavy atom. The summed E-state index contributed by atoms with van der Waals surface area (Å²) in [4.78, 5) is 10.2. The van der Waals surface area contributed by atoms with E-state index in [9.17, 15) is 9.18 Å². The van der Waals surface area contributed by atoms with E-state index in [4.69, 9.17) is 5.11 Å². The highest BCUT2D eigenvalue weighted by atomic mass is 19.1. The average Bonchev–Trinajstić information content (AvgIpc) is 1.88. The molecule has 0 heterocycles. The summed E-state index contributed by atoms with van der Waals surface area (Å²) in [5.74, 6) is -2.05. The highest BCUT2D eigenvalue weighted by Crippen LogP contribution is 2.03. The van der Waals surface area contributed by atoms with E-state index in [1.165, 1.54) is 12.1 Å². The van der Waals surface area contributed by atoms with Crippen molar-refractivity contribution in [3.8, 4) is 0 Å². The molecule has 0 unspecified atom stereocenters. The van der Waals surface area contributed by atoms with Crippen LogP contribution in [0.25, 0.3) is 0 Å². The summed E-state index contributed by atoms with van der Waals surface area (Å²) in [5.41, 5.74) is -0.414. The molecule has 0 spiro atoms. The van der Waals surface area contributed by atoms with Crippen LogP contribution in [0.1, 0.15) is 10.4 Å². The molecule has 1 aromatic rings. The van der Waals surface area contributed by atoms with E-state index in [0.717, 1.165) is 6.07 Å². The van der Waals surface area contributed by atoms with Crippen molar-refractivity contribution in [2.75, 3.05) is 0 Å². The number of carbonyl (C=O) groups is 1. The SMILES string of the molecule is O=C(O)c1[c]cccc1F. The van der Waals surface area contributed by atoms with Crippen LogP contribution in [0.4, 0.5) is 4.39 Å². The minimum atomic E-state index is -1.29. The average molecular weight is 139 g/mol. The van der Waals surface area contributed by atoms with Crippen molar-refractivity contribution in [3.63, 3.8) is 0 Å². The summed E-state index contributed by atoms with van der Waals surface area (Å²) in [6.45, 7) is 0. The molecular formula is C7H4FO2. The van der Waals surface area contributed by atoms with Crippen LogP contribution in [0.3, 0.4) is 0 Å². The van der Waals surface area contributed by atoms with Gasteiger partial charge in [-0.15, -0.1) is 0 Å². The molecular weight excluding hydrogens is 135 g/mol. The molecule has 51 valence electrons. The number of aromatic carboxylic acids is 1. The summed E-state index contributed by atoms with van der Waals surface area (Å²) < 4.78 is 12.4. The molecule has 1 aromatic carbocycles. The van der Waals surface area contributed by atoms with Crippen molar-refractivity contribution < 1.29 is 14.3 Å². The number of hydrogen-bond donors (Lipinski definition) is 1. The predicted octanol–water partition coefficient (Wildman–Crippen LogP) is 1.32. The molecule has 0 amide bonds. The normalized spacial score (nSPS) is 9.30. The Balaban J connectivity index is 3.15. The van der Waals surface area contributed by atoms with E-state index in [0.29, 0.717) is 0 Å². The number of halogens is 1. The molecule has 0 saturated carbocycles. The first-order valence-electron chi connectivity index (χ1n) is 2.61. The first-order chi connectivity index (χ1) is 4.72. The third kappa shape index (κ3) is 1.13. The van der Waals surface area contributed by atoms with Gasteiger partial charge in [0, 0.05) is 6.07 Å². The van der Waals surface area contributed by atoms with Gasteiger partial charge in [0.1, 0.15) is 11.4 Å². The predicted molar refractivity (Wildman–Crippen MR) is 32.2 cm³/mol. The standard InChI is InChI=1S/C7H4FO2/c8-6-4-2-1-3-5(6)7(9)10/h1-2,4H,(H,9,10). The molecule has 0 aliphatic heterocycles. The maximum atomic E-state index is 12.4. The molecule has 1 rings (SSSR count). The molecule has 0 aromatic heterocycles. The van der Waals surface area contributed by atoms with Gasteiger partial charge < -0.3 is 5.11 Å². The highest BCUT2D eigenvalue weighted by molar-refractivity contribution is 5.87. The maximum Gasteiger partial charge on any atom is 0.339 e. The van der Waals surface area contributed by atoms with Gasteiger partial charge in [-0.05, 0) is 6.07 Å². The van der Waals surface area contributed by atoms with Gasteiger partial charge in [-0.25, -0.2) is 9.18 Å². The zero-order valence-electron chi connectivity index (χ0n) is 4.97. The Bertz CT molecular complexity index is 258. The first-order valence-corrected chi connectivity index (χ1v) is 2.61. The van der Waals surface area contributed by atoms with Crippen molar-refractivity contribution in [1.82, 2.24) is 0 Å². The summed E-state index contributed by atoms with van der Waals surface area (Å²) >= 11 is 0. The molecule has 3 heteroatoms. The van der Waals surface area contributed by atoms with Gasteiger partial charge in [-0.3, -0.25) is 0 Å². The van der Waals surface area contributed by atoms with E-state index in [2.05, 4.69) is 6.07 Å². The third-order valence-corrected chi connectivity index (χ3v) is 1.02. The third-order valence-electron chi connectivity index (χ3n) is 1.02. The monoisotopic (exact) mass is 139 g/mol. The Hall–Kier alpha value is -1.38. The second kappa shape index (κ2) is 2.47. The number of carboxylic acid groups (broad SMARTS) is 1. The van der Waals surface area contributed by atoms with Gasteiger partial charge in [0.25, 0.3) is 0 Å². The topological polar surface area (TPSA) is 37.3 Å². The molecule has 2 nitrogen and oxygen atoms in total. The summed E-state index contributed by atoms with van der Waals surface area (Å²) in [6.07, 6.45) is 0. The smallest absolute Gasteiger partial charge is 0.339 e. The van der Waals surface area contributed by atoms with Crippen LogP contribution in [0.5, 0.6) is 0 Å². The van der Waals surface area contributed by atoms with Gasteiger partial charge in [0.15, 0.2) is 0 Å². The Morgan fingerprint density at radius 3 is 2.80 bits per heavy atom. The Morgan fingerprint density at radius 1 is 1.70 bits per heavy atom. The van der Waals surface area contributed by atoms with Crippen molar-refractivity contribution >= 4 is 5.97 Å². The molecule has 0 saturated heterocycles. The zero-order valence-corrected chi connectivity index (χ0v) is 4.97. The van der Waals surface area contributed by atoms with Crippen molar-refractivity contribution in [3.05, 3.63) is 35.6 Å². The minimum Gasteiger partial charge on any atom is -0.478 e. The van der Waals surface area contributed by atoms with Gasteiger partial charge in [0.2, 0.25) is 0 Å². The lowest BCUT2D eigenvalue weighted by Gasteiger charge is -1.92. The largest absolute Gasteiger partial charge is 0.478 e. The first kappa shape index (κ1) is 6.74. The van der Waals surface area contributed by atoms with E-state index in [-0.39, 0.29) is 0 Å². The van der Waals surface area contributed by atoms with Gasteiger partial charge in [-0.2, -0.15) is 0 Å². The molecule has 0 aliphatic carbocycles. The van der Waals surface area contributed by atoms with E-state index >= 15 is 0 Å². The Kier molecular flexibility index (Phi) is 1.67. The molecule has 10 heavy (non-hydrogen) atoms. The second-order valence-electron chi connectivity index (χ2n) is 1.70. The summed E-state index contributed by atoms with van der Waals surface area (Å²) in [5, 5.41) is 8.29. The van der Waals surface area contributed by atoms with Crippen LogP contribution >= 0.6 is 0 Å². The van der Waals surface area contributed by atoms with Crippen molar-refractivity contribution in [1.29, 1.82) is 0 Å². The molecule has 0 aliphatic rings. The second-order valence-corrected chi connectivity index (χ2v) is 1.70.